The van der Waals surface area contributed by atoms with E-state index >= 15 is 0 Å². The van der Waals surface area contributed by atoms with Gasteiger partial charge in [0.05, 0.1) is 33.8 Å². The summed E-state index contributed by atoms with van der Waals surface area (Å²) in [7, 11) is 6.45. The van der Waals surface area contributed by atoms with Crippen LogP contribution >= 0.6 is 0 Å². The highest BCUT2D eigenvalue weighted by Gasteiger charge is 2.15. The van der Waals surface area contributed by atoms with Crippen LogP contribution in [0.15, 0.2) is 128 Å². The first-order valence-electron chi connectivity index (χ1n) is 12.5. The van der Waals surface area contributed by atoms with Gasteiger partial charge in [-0.2, -0.15) is 0 Å². The average Bonchev–Trinajstić information content (AvgIpc) is 3.33. The van der Waals surface area contributed by atoms with E-state index in [4.69, 9.17) is 12.8 Å². The van der Waals surface area contributed by atoms with Crippen molar-refractivity contribution in [2.75, 3.05) is 0 Å². The summed E-state index contributed by atoms with van der Waals surface area (Å²) in [4.78, 5) is 14.0. The van der Waals surface area contributed by atoms with Gasteiger partial charge in [0.1, 0.15) is 7.85 Å². The Morgan fingerprint density at radius 1 is 0.526 bits per heavy atom. The molecule has 5 heteroatoms. The molecule has 4 aromatic heterocycles. The van der Waals surface area contributed by atoms with Crippen LogP contribution in [0.25, 0.3) is 61.4 Å². The van der Waals surface area contributed by atoms with Gasteiger partial charge < -0.3 is 4.57 Å². The molecule has 0 saturated heterocycles. The zero-order valence-electron chi connectivity index (χ0n) is 20.5. The number of para-hydroxylation sites is 1. The molecular formula is C33H21BN4. The molecule has 0 aliphatic rings. The molecule has 0 bridgehead atoms. The Bertz CT molecular complexity index is 1870. The van der Waals surface area contributed by atoms with E-state index < -0.39 is 0 Å². The van der Waals surface area contributed by atoms with Crippen molar-refractivity contribution in [3.05, 3.63) is 128 Å². The quantitative estimate of drug-likeness (QED) is 0.259. The lowest BCUT2D eigenvalue weighted by Crippen LogP contribution is -2.02. The van der Waals surface area contributed by atoms with Gasteiger partial charge in [0.2, 0.25) is 0 Å². The van der Waals surface area contributed by atoms with Crippen LogP contribution < -0.4 is 5.46 Å². The van der Waals surface area contributed by atoms with Gasteiger partial charge in [0.15, 0.2) is 0 Å². The SMILES string of the molecule is [B]c1cccc2c1c1ccccc1n2-c1cccc(-c2cc(-c3ccccn3)nc(-c3ccccn3)c2)c1. The van der Waals surface area contributed by atoms with E-state index in [2.05, 4.69) is 81.3 Å². The largest absolute Gasteiger partial charge is 0.309 e. The summed E-state index contributed by atoms with van der Waals surface area (Å²) in [6.07, 6.45) is 3.58. The van der Waals surface area contributed by atoms with Crippen molar-refractivity contribution in [3.63, 3.8) is 0 Å². The molecule has 0 unspecified atom stereocenters. The zero-order valence-corrected chi connectivity index (χ0v) is 20.5. The fourth-order valence-corrected chi connectivity index (χ4v) is 5.14. The number of aromatic nitrogens is 4. The number of benzene rings is 3. The number of fused-ring (bicyclic) bond motifs is 3. The smallest absolute Gasteiger partial charge is 0.114 e. The van der Waals surface area contributed by atoms with Crippen LogP contribution in [0.1, 0.15) is 0 Å². The van der Waals surface area contributed by atoms with Crippen molar-refractivity contribution in [1.82, 2.24) is 19.5 Å². The minimum Gasteiger partial charge on any atom is -0.309 e. The molecule has 0 saturated carbocycles. The molecular weight excluding hydrogens is 463 g/mol. The molecule has 0 aliphatic carbocycles. The zero-order chi connectivity index (χ0) is 25.5. The number of hydrogen-bond acceptors (Lipinski definition) is 3. The van der Waals surface area contributed by atoms with E-state index in [-0.39, 0.29) is 0 Å². The lowest BCUT2D eigenvalue weighted by molar-refractivity contribution is 1.18. The van der Waals surface area contributed by atoms with Crippen LogP contribution in [0.3, 0.4) is 0 Å². The normalized spacial score (nSPS) is 11.3. The monoisotopic (exact) mass is 484 g/mol. The van der Waals surface area contributed by atoms with Crippen LogP contribution in [-0.2, 0) is 0 Å². The lowest BCUT2D eigenvalue weighted by Gasteiger charge is -2.12. The molecule has 0 aliphatic heterocycles. The molecule has 0 spiro atoms. The Morgan fingerprint density at radius 2 is 1.18 bits per heavy atom. The van der Waals surface area contributed by atoms with E-state index in [0.29, 0.717) is 0 Å². The first-order valence-corrected chi connectivity index (χ1v) is 12.5. The second kappa shape index (κ2) is 9.13. The first kappa shape index (κ1) is 22.2. The van der Waals surface area contributed by atoms with Crippen molar-refractivity contribution in [1.29, 1.82) is 0 Å². The van der Waals surface area contributed by atoms with Crippen LogP contribution in [0.5, 0.6) is 0 Å². The molecule has 0 atom stereocenters. The van der Waals surface area contributed by atoms with Crippen LogP contribution in [-0.4, -0.2) is 27.4 Å². The van der Waals surface area contributed by atoms with E-state index in [1.54, 1.807) is 12.4 Å². The summed E-state index contributed by atoms with van der Waals surface area (Å²) in [5.74, 6) is 0. The summed E-state index contributed by atoms with van der Waals surface area (Å²) in [5.41, 5.74) is 9.42. The molecule has 2 radical (unpaired) electrons. The Morgan fingerprint density at radius 3 is 1.89 bits per heavy atom. The third-order valence-corrected chi connectivity index (χ3v) is 6.85. The summed E-state index contributed by atoms with van der Waals surface area (Å²) in [5, 5.41) is 2.22. The van der Waals surface area contributed by atoms with Gasteiger partial charge in [-0.05, 0) is 71.8 Å². The molecule has 7 aromatic rings. The standard InChI is InChI=1S/C33H21BN4/c34-26-12-8-16-32-33(26)25-11-1-2-15-31(25)38(32)24-10-7-9-22(19-24)23-20-29(27-13-3-5-17-35-27)37-30(21-23)28-14-4-6-18-36-28/h1-21H. The topological polar surface area (TPSA) is 43.6 Å². The van der Waals surface area contributed by atoms with Crippen molar-refractivity contribution in [2.24, 2.45) is 0 Å². The molecule has 4 heterocycles. The molecule has 7 rings (SSSR count). The van der Waals surface area contributed by atoms with E-state index in [1.165, 1.54) is 0 Å². The van der Waals surface area contributed by atoms with Crippen molar-refractivity contribution >= 4 is 35.1 Å². The molecule has 0 fully saturated rings. The number of nitrogens with zero attached hydrogens (tertiary/aromatic N) is 4. The van der Waals surface area contributed by atoms with Crippen LogP contribution in [0, 0.1) is 0 Å². The predicted octanol–water partition coefficient (Wildman–Crippen LogP) is 6.76. The lowest BCUT2D eigenvalue weighted by atomic mass is 9.91. The van der Waals surface area contributed by atoms with Crippen molar-refractivity contribution < 1.29 is 0 Å². The predicted molar refractivity (Wildman–Crippen MR) is 156 cm³/mol. The summed E-state index contributed by atoms with van der Waals surface area (Å²) >= 11 is 0. The van der Waals surface area contributed by atoms with Gasteiger partial charge in [-0.15, -0.1) is 0 Å². The number of hydrogen-bond donors (Lipinski definition) is 0. The highest BCUT2D eigenvalue weighted by atomic mass is 15.0. The Balaban J connectivity index is 1.44. The molecule has 38 heavy (non-hydrogen) atoms. The van der Waals surface area contributed by atoms with E-state index in [9.17, 15) is 0 Å². The summed E-state index contributed by atoms with van der Waals surface area (Å²) in [6.45, 7) is 0. The highest BCUT2D eigenvalue weighted by Crippen LogP contribution is 2.34. The van der Waals surface area contributed by atoms with Gasteiger partial charge in [0, 0.05) is 28.9 Å². The number of rotatable bonds is 4. The Hall–Kier alpha value is -5.03. The number of pyridine rings is 3. The highest BCUT2D eigenvalue weighted by molar-refractivity contribution is 6.41. The van der Waals surface area contributed by atoms with Crippen LogP contribution in [0.4, 0.5) is 0 Å². The minimum absolute atomic E-state index is 0.780. The maximum absolute atomic E-state index is 6.45. The Labute approximate surface area is 221 Å². The van der Waals surface area contributed by atoms with E-state index in [0.717, 1.165) is 66.9 Å². The van der Waals surface area contributed by atoms with Gasteiger partial charge >= 0.3 is 0 Å². The average molecular weight is 484 g/mol. The minimum atomic E-state index is 0.780. The fourth-order valence-electron chi connectivity index (χ4n) is 5.14. The second-order valence-electron chi connectivity index (χ2n) is 9.20. The maximum Gasteiger partial charge on any atom is 0.114 e. The molecule has 176 valence electrons. The van der Waals surface area contributed by atoms with Gasteiger partial charge in [-0.3, -0.25) is 9.97 Å². The molecule has 4 nitrogen and oxygen atoms in total. The van der Waals surface area contributed by atoms with Crippen molar-refractivity contribution in [2.45, 2.75) is 0 Å². The van der Waals surface area contributed by atoms with Gasteiger partial charge in [0.25, 0.3) is 0 Å². The summed E-state index contributed by atoms with van der Waals surface area (Å²) < 4.78 is 2.28. The molecule has 0 N–H and O–H groups in total. The molecule has 0 amide bonds. The first-order chi connectivity index (χ1) is 18.8. The maximum atomic E-state index is 6.45. The van der Waals surface area contributed by atoms with E-state index in [1.807, 2.05) is 48.5 Å². The summed E-state index contributed by atoms with van der Waals surface area (Å²) in [6, 6.07) is 39.0. The Kier molecular flexibility index (Phi) is 5.33. The fraction of sp³-hybridized carbons (Fsp3) is 0. The van der Waals surface area contributed by atoms with Gasteiger partial charge in [-0.25, -0.2) is 4.98 Å². The third kappa shape index (κ3) is 3.77. The second-order valence-corrected chi connectivity index (χ2v) is 9.20. The molecule has 3 aromatic carbocycles. The van der Waals surface area contributed by atoms with Crippen molar-refractivity contribution in [3.8, 4) is 39.6 Å². The van der Waals surface area contributed by atoms with Gasteiger partial charge in [-0.1, -0.05) is 60.1 Å². The third-order valence-electron chi connectivity index (χ3n) is 6.85. The van der Waals surface area contributed by atoms with Crippen LogP contribution in [0.2, 0.25) is 0 Å².